The molecule has 0 aliphatic rings. The molecule has 0 spiro atoms. The lowest BCUT2D eigenvalue weighted by molar-refractivity contribution is -0.116. The second-order valence-electron chi connectivity index (χ2n) is 7.01. The molecule has 30 heavy (non-hydrogen) atoms. The van der Waals surface area contributed by atoms with Gasteiger partial charge in [0, 0.05) is 27.8 Å². The van der Waals surface area contributed by atoms with Crippen LogP contribution in [-0.4, -0.2) is 18.9 Å². The van der Waals surface area contributed by atoms with Crippen LogP contribution >= 0.6 is 11.6 Å². The summed E-state index contributed by atoms with van der Waals surface area (Å²) in [5.74, 6) is -0.239. The van der Waals surface area contributed by atoms with Gasteiger partial charge in [0.1, 0.15) is 6.54 Å². The highest BCUT2D eigenvalue weighted by Gasteiger charge is 2.23. The number of anilines is 1. The van der Waals surface area contributed by atoms with Gasteiger partial charge >= 0.3 is 0 Å². The zero-order valence-corrected chi connectivity index (χ0v) is 17.7. The maximum Gasteiger partial charge on any atom is 0.244 e. The van der Waals surface area contributed by atoms with E-state index >= 15 is 0 Å². The summed E-state index contributed by atoms with van der Waals surface area (Å²) in [4.78, 5) is 12.9. The Morgan fingerprint density at radius 3 is 2.47 bits per heavy atom. The number of carbonyl (C=O) groups is 1. The summed E-state index contributed by atoms with van der Waals surface area (Å²) in [5.41, 5.74) is 2.41. The van der Waals surface area contributed by atoms with Crippen LogP contribution in [0.4, 0.5) is 5.69 Å². The van der Waals surface area contributed by atoms with Crippen LogP contribution in [0.3, 0.4) is 0 Å². The molecule has 0 unspecified atom stereocenters. The smallest absolute Gasteiger partial charge is 0.244 e. The van der Waals surface area contributed by atoms with E-state index in [1.807, 2.05) is 37.3 Å². The fourth-order valence-electron chi connectivity index (χ4n) is 3.38. The van der Waals surface area contributed by atoms with Crippen molar-refractivity contribution in [3.63, 3.8) is 0 Å². The number of carbonyl (C=O) groups excluding carboxylic acids is 1. The maximum absolute atomic E-state index is 13.2. The predicted octanol–water partition coefficient (Wildman–Crippen LogP) is 5.07. The third-order valence-electron chi connectivity index (χ3n) is 4.78. The zero-order valence-electron chi connectivity index (χ0n) is 16.2. The van der Waals surface area contributed by atoms with Crippen LogP contribution in [-0.2, 0) is 21.2 Å². The number of fused-ring (bicyclic) bond motifs is 1. The van der Waals surface area contributed by atoms with Crippen LogP contribution in [0.15, 0.2) is 88.8 Å². The van der Waals surface area contributed by atoms with Gasteiger partial charge in [-0.2, -0.15) is 0 Å². The molecule has 0 aliphatic carbocycles. The molecule has 3 aromatic carbocycles. The molecule has 4 rings (SSSR count). The minimum atomic E-state index is -3.77. The van der Waals surface area contributed by atoms with Gasteiger partial charge in [-0.25, -0.2) is 8.42 Å². The molecule has 0 saturated heterocycles. The van der Waals surface area contributed by atoms with Gasteiger partial charge < -0.3 is 9.88 Å². The Morgan fingerprint density at radius 2 is 1.73 bits per heavy atom. The number of para-hydroxylation sites is 1. The fraction of sp³-hybridized carbons (Fsp3) is 0.0870. The van der Waals surface area contributed by atoms with Crippen molar-refractivity contribution >= 4 is 43.9 Å². The highest BCUT2D eigenvalue weighted by atomic mass is 35.5. The number of rotatable bonds is 5. The number of nitrogens with zero attached hydrogens (tertiary/aromatic N) is 1. The summed E-state index contributed by atoms with van der Waals surface area (Å²) in [6, 6.07) is 20.7. The first kappa shape index (κ1) is 20.2. The lowest BCUT2D eigenvalue weighted by Crippen LogP contribution is -2.18. The summed E-state index contributed by atoms with van der Waals surface area (Å²) in [7, 11) is -3.77. The molecule has 0 radical (unpaired) electrons. The third-order valence-corrected chi connectivity index (χ3v) is 6.83. The van der Waals surface area contributed by atoms with Gasteiger partial charge in [0.2, 0.25) is 15.7 Å². The number of hydrogen-bond acceptors (Lipinski definition) is 3. The Balaban J connectivity index is 1.70. The lowest BCUT2D eigenvalue weighted by Gasteiger charge is -2.08. The Morgan fingerprint density at radius 1 is 1.00 bits per heavy atom. The van der Waals surface area contributed by atoms with E-state index in [2.05, 4.69) is 5.32 Å². The highest BCUT2D eigenvalue weighted by molar-refractivity contribution is 7.91. The Hall–Kier alpha value is -3.09. The summed E-state index contributed by atoms with van der Waals surface area (Å²) in [6.07, 6.45) is 1.52. The number of amides is 1. The molecule has 0 atom stereocenters. The normalized spacial score (nSPS) is 11.5. The van der Waals surface area contributed by atoms with Crippen molar-refractivity contribution in [3.05, 3.63) is 89.6 Å². The minimum Gasteiger partial charge on any atom is -0.337 e. The van der Waals surface area contributed by atoms with E-state index in [0.717, 1.165) is 5.56 Å². The number of aromatic nitrogens is 1. The van der Waals surface area contributed by atoms with Crippen molar-refractivity contribution in [1.29, 1.82) is 0 Å². The molecule has 0 aliphatic heterocycles. The van der Waals surface area contributed by atoms with Crippen LogP contribution in [0.5, 0.6) is 0 Å². The number of halogens is 1. The first-order chi connectivity index (χ1) is 14.3. The van der Waals surface area contributed by atoms with E-state index in [1.54, 1.807) is 34.9 Å². The molecule has 0 bridgehead atoms. The van der Waals surface area contributed by atoms with Crippen LogP contribution in [0.2, 0.25) is 5.02 Å². The summed E-state index contributed by atoms with van der Waals surface area (Å²) < 4.78 is 28.1. The fourth-order valence-corrected chi connectivity index (χ4v) is 4.98. The molecule has 4 aromatic rings. The average molecular weight is 439 g/mol. The maximum atomic E-state index is 13.2. The largest absolute Gasteiger partial charge is 0.337 e. The Bertz CT molecular complexity index is 1340. The number of benzene rings is 3. The SMILES string of the molecule is Cc1cccc(NC(=O)Cn2cc(S(=O)(=O)c3ccc(Cl)cc3)c3ccccc32)c1. The van der Waals surface area contributed by atoms with E-state index < -0.39 is 9.84 Å². The molecule has 0 saturated carbocycles. The number of nitrogens with one attached hydrogen (secondary N) is 1. The van der Waals surface area contributed by atoms with Gasteiger partial charge in [-0.15, -0.1) is 0 Å². The van der Waals surface area contributed by atoms with Gasteiger partial charge in [-0.05, 0) is 55.0 Å². The molecule has 1 heterocycles. The van der Waals surface area contributed by atoms with E-state index in [4.69, 9.17) is 11.6 Å². The standard InChI is InChI=1S/C23H19ClN2O3S/c1-16-5-4-6-18(13-16)25-23(27)15-26-14-22(20-7-2-3-8-21(20)26)30(28,29)19-11-9-17(24)10-12-19/h2-14H,15H2,1H3,(H,25,27). The number of aryl methyl sites for hydroxylation is 1. The summed E-state index contributed by atoms with van der Waals surface area (Å²) >= 11 is 5.90. The van der Waals surface area contributed by atoms with Crippen LogP contribution in [0.1, 0.15) is 5.56 Å². The molecular formula is C23H19ClN2O3S. The quantitative estimate of drug-likeness (QED) is 0.472. The van der Waals surface area contributed by atoms with Crippen LogP contribution in [0.25, 0.3) is 10.9 Å². The average Bonchev–Trinajstić information content (AvgIpc) is 3.07. The molecule has 0 fully saturated rings. The zero-order chi connectivity index (χ0) is 21.3. The van der Waals surface area contributed by atoms with Crippen molar-refractivity contribution in [2.45, 2.75) is 23.3 Å². The van der Waals surface area contributed by atoms with Gasteiger partial charge in [-0.3, -0.25) is 4.79 Å². The van der Waals surface area contributed by atoms with E-state index in [9.17, 15) is 13.2 Å². The molecule has 1 N–H and O–H groups in total. The van der Waals surface area contributed by atoms with Crippen LogP contribution < -0.4 is 5.32 Å². The van der Waals surface area contributed by atoms with E-state index in [0.29, 0.717) is 21.6 Å². The number of sulfone groups is 1. The van der Waals surface area contributed by atoms with Gasteiger partial charge in [0.05, 0.1) is 9.79 Å². The molecule has 152 valence electrons. The Labute approximate surface area is 179 Å². The minimum absolute atomic E-state index is 0.00933. The summed E-state index contributed by atoms with van der Waals surface area (Å²) in [5, 5.41) is 3.89. The summed E-state index contributed by atoms with van der Waals surface area (Å²) in [6.45, 7) is 1.94. The topological polar surface area (TPSA) is 68.2 Å². The molecule has 1 amide bonds. The molecule has 1 aromatic heterocycles. The van der Waals surface area contributed by atoms with Crippen molar-refractivity contribution in [2.24, 2.45) is 0 Å². The first-order valence-electron chi connectivity index (χ1n) is 9.30. The first-order valence-corrected chi connectivity index (χ1v) is 11.2. The van der Waals surface area contributed by atoms with Gasteiger partial charge in [0.25, 0.3) is 0 Å². The molecule has 5 nitrogen and oxygen atoms in total. The number of hydrogen-bond donors (Lipinski definition) is 1. The van der Waals surface area contributed by atoms with Crippen molar-refractivity contribution in [3.8, 4) is 0 Å². The van der Waals surface area contributed by atoms with Gasteiger partial charge in [0.15, 0.2) is 0 Å². The second-order valence-corrected chi connectivity index (χ2v) is 9.37. The van der Waals surface area contributed by atoms with Crippen molar-refractivity contribution in [2.75, 3.05) is 5.32 Å². The second kappa shape index (κ2) is 7.97. The monoisotopic (exact) mass is 438 g/mol. The van der Waals surface area contributed by atoms with Crippen molar-refractivity contribution < 1.29 is 13.2 Å². The third kappa shape index (κ3) is 3.97. The lowest BCUT2D eigenvalue weighted by atomic mass is 10.2. The highest BCUT2D eigenvalue weighted by Crippen LogP contribution is 2.30. The van der Waals surface area contributed by atoms with E-state index in [1.165, 1.54) is 18.3 Å². The van der Waals surface area contributed by atoms with Crippen molar-refractivity contribution in [1.82, 2.24) is 4.57 Å². The predicted molar refractivity (Wildman–Crippen MR) is 119 cm³/mol. The molecular weight excluding hydrogens is 420 g/mol. The van der Waals surface area contributed by atoms with E-state index in [-0.39, 0.29) is 22.2 Å². The van der Waals surface area contributed by atoms with Crippen LogP contribution in [0, 0.1) is 6.92 Å². The molecule has 7 heteroatoms. The van der Waals surface area contributed by atoms with Gasteiger partial charge in [-0.1, -0.05) is 41.9 Å². The Kier molecular flexibility index (Phi) is 5.37.